The number of rotatable bonds is 4. The highest BCUT2D eigenvalue weighted by atomic mass is 16.5. The molecule has 4 N–H and O–H groups in total. The molecule has 0 radical (unpaired) electrons. The van der Waals surface area contributed by atoms with Crippen molar-refractivity contribution in [2.75, 3.05) is 6.54 Å². The van der Waals surface area contributed by atoms with Gasteiger partial charge in [0.2, 0.25) is 5.91 Å². The number of primary amides is 1. The van der Waals surface area contributed by atoms with E-state index in [0.717, 1.165) is 0 Å². The van der Waals surface area contributed by atoms with Crippen molar-refractivity contribution in [3.8, 4) is 5.75 Å². The van der Waals surface area contributed by atoms with Gasteiger partial charge in [-0.2, -0.15) is 0 Å². The first-order chi connectivity index (χ1) is 8.56. The third-order valence-corrected chi connectivity index (χ3v) is 2.83. The number of carboxylic acids is 1. The molecule has 18 heavy (non-hydrogen) atoms. The molecule has 1 aliphatic rings. The molecule has 96 valence electrons. The molecule has 6 heteroatoms. The van der Waals surface area contributed by atoms with Gasteiger partial charge in [-0.25, -0.2) is 0 Å². The zero-order valence-corrected chi connectivity index (χ0v) is 9.63. The van der Waals surface area contributed by atoms with Crippen LogP contribution in [0.25, 0.3) is 0 Å². The molecule has 6 nitrogen and oxygen atoms in total. The molecule has 0 aliphatic carbocycles. The number of aliphatic carboxylic acids is 1. The summed E-state index contributed by atoms with van der Waals surface area (Å²) in [5, 5.41) is 11.7. The summed E-state index contributed by atoms with van der Waals surface area (Å²) in [5.74, 6) is -0.766. The predicted octanol–water partition coefficient (Wildman–Crippen LogP) is -0.0206. The fraction of sp³-hybridized carbons (Fsp3) is 0.333. The fourth-order valence-corrected chi connectivity index (χ4v) is 1.87. The smallest absolute Gasteiger partial charge is 0.320 e. The Morgan fingerprint density at radius 2 is 2.00 bits per heavy atom. The molecule has 0 aromatic heterocycles. The normalized spacial score (nSPS) is 22.7. The van der Waals surface area contributed by atoms with Gasteiger partial charge in [-0.1, -0.05) is 0 Å². The zero-order chi connectivity index (χ0) is 13.1. The Morgan fingerprint density at radius 1 is 1.33 bits per heavy atom. The van der Waals surface area contributed by atoms with E-state index in [4.69, 9.17) is 15.6 Å². The van der Waals surface area contributed by atoms with E-state index in [9.17, 15) is 9.59 Å². The summed E-state index contributed by atoms with van der Waals surface area (Å²) in [6, 6.07) is 5.89. The van der Waals surface area contributed by atoms with Gasteiger partial charge in [0.05, 0.1) is 0 Å². The van der Waals surface area contributed by atoms with Gasteiger partial charge in [0, 0.05) is 18.5 Å². The van der Waals surface area contributed by atoms with Crippen LogP contribution in [0.4, 0.5) is 0 Å². The Labute approximate surface area is 104 Å². The molecule has 0 unspecified atom stereocenters. The van der Waals surface area contributed by atoms with Crippen LogP contribution < -0.4 is 15.8 Å². The van der Waals surface area contributed by atoms with Gasteiger partial charge in [-0.15, -0.1) is 0 Å². The van der Waals surface area contributed by atoms with Crippen molar-refractivity contribution >= 4 is 11.9 Å². The summed E-state index contributed by atoms with van der Waals surface area (Å²) >= 11 is 0. The van der Waals surface area contributed by atoms with E-state index in [1.807, 2.05) is 0 Å². The van der Waals surface area contributed by atoms with Crippen molar-refractivity contribution in [1.29, 1.82) is 0 Å². The third kappa shape index (κ3) is 2.78. The van der Waals surface area contributed by atoms with Crippen LogP contribution in [0.5, 0.6) is 5.75 Å². The van der Waals surface area contributed by atoms with Crippen molar-refractivity contribution in [2.24, 2.45) is 5.73 Å². The first-order valence-corrected chi connectivity index (χ1v) is 5.59. The number of nitrogens with one attached hydrogen (secondary N) is 1. The Morgan fingerprint density at radius 3 is 2.50 bits per heavy atom. The van der Waals surface area contributed by atoms with Crippen molar-refractivity contribution < 1.29 is 19.4 Å². The van der Waals surface area contributed by atoms with Crippen molar-refractivity contribution in [2.45, 2.75) is 18.6 Å². The SMILES string of the molecule is NC(=O)c1ccc(O[C@@H]2CN[C@H](C(=O)O)C2)cc1. The van der Waals surface area contributed by atoms with Crippen molar-refractivity contribution in [1.82, 2.24) is 5.32 Å². The Balaban J connectivity index is 1.94. The Hall–Kier alpha value is -2.08. The van der Waals surface area contributed by atoms with Gasteiger partial charge in [0.25, 0.3) is 0 Å². The molecule has 1 saturated heterocycles. The molecule has 1 aliphatic heterocycles. The molecule has 1 amide bonds. The molecule has 1 heterocycles. The minimum atomic E-state index is -0.870. The second-order valence-electron chi connectivity index (χ2n) is 4.16. The van der Waals surface area contributed by atoms with Gasteiger partial charge in [-0.05, 0) is 24.3 Å². The maximum absolute atomic E-state index is 10.9. The van der Waals surface area contributed by atoms with Gasteiger partial charge in [0.1, 0.15) is 17.9 Å². The molecule has 0 bridgehead atoms. The van der Waals surface area contributed by atoms with E-state index in [2.05, 4.69) is 5.32 Å². The standard InChI is InChI=1S/C12H14N2O4/c13-11(15)7-1-3-8(4-2-7)18-9-5-10(12(16)17)14-6-9/h1-4,9-10,14H,5-6H2,(H2,13,15)(H,16,17)/t9-,10-/m0/s1. The average molecular weight is 250 g/mol. The summed E-state index contributed by atoms with van der Waals surface area (Å²) in [6.45, 7) is 0.495. The summed E-state index contributed by atoms with van der Waals surface area (Å²) in [6.07, 6.45) is 0.248. The highest BCUT2D eigenvalue weighted by Crippen LogP contribution is 2.18. The Kier molecular flexibility index (Phi) is 3.47. The number of ether oxygens (including phenoxy) is 1. The number of nitrogens with two attached hydrogens (primary N) is 1. The first kappa shape index (κ1) is 12.4. The Bertz CT molecular complexity index is 458. The van der Waals surface area contributed by atoms with Crippen LogP contribution in [0.3, 0.4) is 0 Å². The van der Waals surface area contributed by atoms with Gasteiger partial charge in [0.15, 0.2) is 0 Å². The third-order valence-electron chi connectivity index (χ3n) is 2.83. The van der Waals surface area contributed by atoms with Crippen LogP contribution in [0.2, 0.25) is 0 Å². The van der Waals surface area contributed by atoms with E-state index in [1.165, 1.54) is 0 Å². The molecule has 1 fully saturated rings. The number of benzene rings is 1. The number of carboxylic acid groups (broad SMARTS) is 1. The van der Waals surface area contributed by atoms with E-state index < -0.39 is 17.9 Å². The second-order valence-corrected chi connectivity index (χ2v) is 4.16. The molecule has 0 spiro atoms. The minimum absolute atomic E-state index is 0.175. The van der Waals surface area contributed by atoms with E-state index in [-0.39, 0.29) is 6.10 Å². The molecule has 1 aromatic carbocycles. The van der Waals surface area contributed by atoms with Crippen molar-refractivity contribution in [3.63, 3.8) is 0 Å². The summed E-state index contributed by atoms with van der Waals surface area (Å²) in [5.41, 5.74) is 5.54. The highest BCUT2D eigenvalue weighted by molar-refractivity contribution is 5.92. The predicted molar refractivity (Wildman–Crippen MR) is 63.4 cm³/mol. The summed E-state index contributed by atoms with van der Waals surface area (Å²) < 4.78 is 5.61. The quantitative estimate of drug-likeness (QED) is 0.697. The molecular formula is C12H14N2O4. The zero-order valence-electron chi connectivity index (χ0n) is 9.63. The lowest BCUT2D eigenvalue weighted by Crippen LogP contribution is -2.30. The van der Waals surface area contributed by atoms with Crippen LogP contribution >= 0.6 is 0 Å². The number of amides is 1. The van der Waals surface area contributed by atoms with Gasteiger partial charge >= 0.3 is 5.97 Å². The van der Waals surface area contributed by atoms with Crippen LogP contribution in [-0.2, 0) is 4.79 Å². The summed E-state index contributed by atoms with van der Waals surface area (Å²) in [7, 11) is 0. The lowest BCUT2D eigenvalue weighted by atomic mass is 10.2. The first-order valence-electron chi connectivity index (χ1n) is 5.59. The number of hydrogen-bond donors (Lipinski definition) is 3. The average Bonchev–Trinajstić information content (AvgIpc) is 2.78. The monoisotopic (exact) mass is 250 g/mol. The number of carbonyl (C=O) groups is 2. The number of hydrogen-bond acceptors (Lipinski definition) is 4. The number of carbonyl (C=O) groups excluding carboxylic acids is 1. The van der Waals surface area contributed by atoms with Crippen LogP contribution in [0.15, 0.2) is 24.3 Å². The van der Waals surface area contributed by atoms with Gasteiger partial charge in [-0.3, -0.25) is 9.59 Å². The van der Waals surface area contributed by atoms with E-state index in [1.54, 1.807) is 24.3 Å². The van der Waals surface area contributed by atoms with Crippen LogP contribution in [0, 0.1) is 0 Å². The van der Waals surface area contributed by atoms with Gasteiger partial charge < -0.3 is 20.9 Å². The molecule has 1 aromatic rings. The lowest BCUT2D eigenvalue weighted by Gasteiger charge is -2.12. The topological polar surface area (TPSA) is 102 Å². The maximum atomic E-state index is 10.9. The fourth-order valence-electron chi connectivity index (χ4n) is 1.87. The van der Waals surface area contributed by atoms with E-state index >= 15 is 0 Å². The molecule has 2 atom stereocenters. The summed E-state index contributed by atoms with van der Waals surface area (Å²) in [4.78, 5) is 21.6. The van der Waals surface area contributed by atoms with Crippen molar-refractivity contribution in [3.05, 3.63) is 29.8 Å². The minimum Gasteiger partial charge on any atom is -0.489 e. The molecule has 0 saturated carbocycles. The van der Waals surface area contributed by atoms with E-state index in [0.29, 0.717) is 24.3 Å². The second kappa shape index (κ2) is 5.05. The highest BCUT2D eigenvalue weighted by Gasteiger charge is 2.30. The molecule has 2 rings (SSSR count). The van der Waals surface area contributed by atoms with Crippen LogP contribution in [0.1, 0.15) is 16.8 Å². The molecular weight excluding hydrogens is 236 g/mol. The van der Waals surface area contributed by atoms with Crippen LogP contribution in [-0.4, -0.2) is 35.7 Å². The lowest BCUT2D eigenvalue weighted by molar-refractivity contribution is -0.139. The maximum Gasteiger partial charge on any atom is 0.320 e. The largest absolute Gasteiger partial charge is 0.489 e.